The summed E-state index contributed by atoms with van der Waals surface area (Å²) in [5.41, 5.74) is 0.867. The van der Waals surface area contributed by atoms with E-state index >= 15 is 0 Å². The summed E-state index contributed by atoms with van der Waals surface area (Å²) in [6.07, 6.45) is 1.90. The van der Waals surface area contributed by atoms with Crippen LogP contribution in [0.3, 0.4) is 0 Å². The number of rotatable bonds is 7. The molecule has 0 unspecified atom stereocenters. The number of aromatic nitrogens is 2. The first-order valence-electron chi connectivity index (χ1n) is 8.97. The molecule has 0 aliphatic carbocycles. The maximum atomic E-state index is 12.6. The Morgan fingerprint density at radius 2 is 2.19 bits per heavy atom. The van der Waals surface area contributed by atoms with E-state index < -0.39 is 5.97 Å². The smallest absolute Gasteiger partial charge is 0.326 e. The van der Waals surface area contributed by atoms with Crippen molar-refractivity contribution in [3.8, 4) is 0 Å². The zero-order chi connectivity index (χ0) is 19.6. The Balaban J connectivity index is 1.72. The second kappa shape index (κ2) is 8.43. The Kier molecular flexibility index (Phi) is 6.21. The zero-order valence-electron chi connectivity index (χ0n) is 15.7. The molecule has 7 nitrogen and oxygen atoms in total. The Morgan fingerprint density at radius 3 is 2.85 bits per heavy atom. The first-order chi connectivity index (χ1) is 12.9. The summed E-state index contributed by atoms with van der Waals surface area (Å²) in [5.74, 6) is 0.995. The van der Waals surface area contributed by atoms with Crippen LogP contribution in [0.1, 0.15) is 36.5 Å². The van der Waals surface area contributed by atoms with Crippen LogP contribution in [-0.4, -0.2) is 44.9 Å². The molecule has 1 atom stereocenters. The van der Waals surface area contributed by atoms with E-state index in [0.717, 1.165) is 23.3 Å². The van der Waals surface area contributed by atoms with E-state index in [4.69, 9.17) is 4.74 Å². The number of aromatic amines is 1. The molecule has 146 valence electrons. The molecule has 3 heterocycles. The van der Waals surface area contributed by atoms with E-state index in [2.05, 4.69) is 23.8 Å². The molecular formula is C18H23N3O4S2. The van der Waals surface area contributed by atoms with Gasteiger partial charge in [0, 0.05) is 17.2 Å². The van der Waals surface area contributed by atoms with Gasteiger partial charge in [0.2, 0.25) is 0 Å². The molecule has 1 amide bonds. The third-order valence-electron chi connectivity index (χ3n) is 4.70. The van der Waals surface area contributed by atoms with Crippen LogP contribution < -0.4 is 5.56 Å². The quantitative estimate of drug-likeness (QED) is 0.707. The van der Waals surface area contributed by atoms with Crippen LogP contribution in [0.5, 0.6) is 0 Å². The fraction of sp³-hybridized carbons (Fsp3) is 0.556. The first-order valence-corrected chi connectivity index (χ1v) is 10.8. The van der Waals surface area contributed by atoms with E-state index in [1.165, 1.54) is 28.0 Å². The number of amides is 1. The molecule has 0 radical (unpaired) electrons. The number of aryl methyl sites for hydroxylation is 1. The highest BCUT2D eigenvalue weighted by atomic mass is 32.2. The van der Waals surface area contributed by atoms with Gasteiger partial charge in [0.05, 0.1) is 5.39 Å². The Labute approximate surface area is 165 Å². The number of fused-ring (bicyclic) bond motifs is 1. The first kappa shape index (κ1) is 19.9. The van der Waals surface area contributed by atoms with Gasteiger partial charge < -0.3 is 14.6 Å². The van der Waals surface area contributed by atoms with Crippen molar-refractivity contribution in [3.63, 3.8) is 0 Å². The van der Waals surface area contributed by atoms with Crippen LogP contribution in [0.25, 0.3) is 10.2 Å². The minimum Gasteiger partial charge on any atom is -0.456 e. The number of H-pyrrole nitrogens is 1. The number of hydrogen-bond acceptors (Lipinski definition) is 7. The number of nitrogens with one attached hydrogen (secondary N) is 1. The predicted octanol–water partition coefficient (Wildman–Crippen LogP) is 3.09. The maximum absolute atomic E-state index is 12.6. The van der Waals surface area contributed by atoms with Crippen molar-refractivity contribution in [3.05, 3.63) is 26.6 Å². The fourth-order valence-corrected chi connectivity index (χ4v) is 4.84. The lowest BCUT2D eigenvalue weighted by atomic mass is 9.98. The lowest BCUT2D eigenvalue weighted by molar-refractivity contribution is -0.145. The van der Waals surface area contributed by atoms with Crippen LogP contribution >= 0.6 is 23.1 Å². The van der Waals surface area contributed by atoms with Crippen molar-refractivity contribution < 1.29 is 14.3 Å². The maximum Gasteiger partial charge on any atom is 0.326 e. The zero-order valence-corrected chi connectivity index (χ0v) is 17.3. The molecule has 2 aromatic rings. The highest BCUT2D eigenvalue weighted by Gasteiger charge is 2.24. The summed E-state index contributed by atoms with van der Waals surface area (Å²) in [7, 11) is 0. The van der Waals surface area contributed by atoms with Gasteiger partial charge in [-0.15, -0.1) is 11.3 Å². The summed E-state index contributed by atoms with van der Waals surface area (Å²) in [5, 5.41) is 0.537. The summed E-state index contributed by atoms with van der Waals surface area (Å²) < 4.78 is 5.19. The molecule has 3 rings (SSSR count). The van der Waals surface area contributed by atoms with Crippen molar-refractivity contribution in [1.29, 1.82) is 0 Å². The van der Waals surface area contributed by atoms with Gasteiger partial charge in [-0.2, -0.15) is 0 Å². The lowest BCUT2D eigenvalue weighted by Gasteiger charge is -2.13. The molecule has 1 fully saturated rings. The molecule has 0 spiro atoms. The van der Waals surface area contributed by atoms with Gasteiger partial charge >= 0.3 is 5.97 Å². The van der Waals surface area contributed by atoms with Crippen molar-refractivity contribution in [2.75, 3.05) is 18.8 Å². The van der Waals surface area contributed by atoms with Crippen LogP contribution in [-0.2, 0) is 22.6 Å². The summed E-state index contributed by atoms with van der Waals surface area (Å²) >= 11 is 2.69. The van der Waals surface area contributed by atoms with Crippen LogP contribution in [0, 0.1) is 12.8 Å². The minimum absolute atomic E-state index is 0.0739. The molecular weight excluding hydrogens is 386 g/mol. The average molecular weight is 410 g/mol. The minimum atomic E-state index is -0.506. The number of thiophene rings is 1. The number of hydrogen-bond donors (Lipinski definition) is 1. The molecule has 1 aliphatic rings. The van der Waals surface area contributed by atoms with Gasteiger partial charge in [0.1, 0.15) is 23.8 Å². The highest BCUT2D eigenvalue weighted by Crippen LogP contribution is 2.29. The number of thioether (sulfide) groups is 1. The number of ether oxygens (including phenoxy) is 1. The van der Waals surface area contributed by atoms with Crippen molar-refractivity contribution in [2.45, 2.75) is 40.2 Å². The van der Waals surface area contributed by atoms with E-state index in [-0.39, 0.29) is 24.0 Å². The molecule has 0 bridgehead atoms. The topological polar surface area (TPSA) is 92.4 Å². The third-order valence-corrected chi connectivity index (χ3v) is 6.63. The number of nitrogens with zero attached hydrogens (tertiary/aromatic N) is 2. The second-order valence-electron chi connectivity index (χ2n) is 6.74. The standard InChI is InChI=1S/C18H23N3O4S2/c1-4-10(2)7-12-11(3)27-17-15(12)16(23)19-13(20-17)9-25-14(22)8-21-5-6-26-18(21)24/h10H,4-9H2,1-3H3,(H,19,20,23)/t10-/m1/s1. The molecule has 1 aliphatic heterocycles. The van der Waals surface area contributed by atoms with E-state index in [1.54, 1.807) is 0 Å². The van der Waals surface area contributed by atoms with Gasteiger partial charge in [-0.05, 0) is 24.8 Å². The SMILES string of the molecule is CC[C@@H](C)Cc1c(C)sc2nc(COC(=O)CN3CCSC3=O)[nH]c(=O)c12. The summed E-state index contributed by atoms with van der Waals surface area (Å²) in [6, 6.07) is 0. The lowest BCUT2D eigenvalue weighted by Crippen LogP contribution is -2.31. The van der Waals surface area contributed by atoms with Crippen molar-refractivity contribution >= 4 is 44.5 Å². The predicted molar refractivity (Wildman–Crippen MR) is 107 cm³/mol. The molecule has 1 saturated heterocycles. The Morgan fingerprint density at radius 1 is 1.41 bits per heavy atom. The van der Waals surface area contributed by atoms with Crippen LogP contribution in [0.4, 0.5) is 4.79 Å². The molecule has 9 heteroatoms. The largest absolute Gasteiger partial charge is 0.456 e. The van der Waals surface area contributed by atoms with Gasteiger partial charge in [-0.1, -0.05) is 32.0 Å². The van der Waals surface area contributed by atoms with E-state index in [1.807, 2.05) is 6.92 Å². The van der Waals surface area contributed by atoms with E-state index in [9.17, 15) is 14.4 Å². The van der Waals surface area contributed by atoms with Crippen LogP contribution in [0.2, 0.25) is 0 Å². The van der Waals surface area contributed by atoms with Gasteiger partial charge in [0.25, 0.3) is 10.8 Å². The van der Waals surface area contributed by atoms with Crippen molar-refractivity contribution in [1.82, 2.24) is 14.9 Å². The molecule has 2 aromatic heterocycles. The monoisotopic (exact) mass is 409 g/mol. The number of carbonyl (C=O) groups excluding carboxylic acids is 2. The van der Waals surface area contributed by atoms with Crippen LogP contribution in [0.15, 0.2) is 4.79 Å². The number of esters is 1. The molecule has 0 saturated carbocycles. The average Bonchev–Trinajstić information content (AvgIpc) is 3.16. The normalized spacial score (nSPS) is 15.5. The summed E-state index contributed by atoms with van der Waals surface area (Å²) in [6.45, 7) is 6.67. The summed E-state index contributed by atoms with van der Waals surface area (Å²) in [4.78, 5) is 46.5. The second-order valence-corrected chi connectivity index (χ2v) is 8.99. The molecule has 1 N–H and O–H groups in total. The van der Waals surface area contributed by atoms with Gasteiger partial charge in [0.15, 0.2) is 0 Å². The third kappa shape index (κ3) is 4.52. The molecule has 0 aromatic carbocycles. The number of carbonyl (C=O) groups is 2. The van der Waals surface area contributed by atoms with Gasteiger partial charge in [-0.25, -0.2) is 4.98 Å². The fourth-order valence-electron chi connectivity index (χ4n) is 2.95. The van der Waals surface area contributed by atoms with Crippen molar-refractivity contribution in [2.24, 2.45) is 5.92 Å². The highest BCUT2D eigenvalue weighted by molar-refractivity contribution is 8.13. The Bertz CT molecular complexity index is 921. The Hall–Kier alpha value is -1.87. The van der Waals surface area contributed by atoms with E-state index in [0.29, 0.717) is 34.3 Å². The van der Waals surface area contributed by atoms with Gasteiger partial charge in [-0.3, -0.25) is 14.4 Å². The molecule has 27 heavy (non-hydrogen) atoms.